The Balaban J connectivity index is 0. The van der Waals surface area contributed by atoms with Crippen LogP contribution in [0.2, 0.25) is 0 Å². The van der Waals surface area contributed by atoms with Gasteiger partial charge in [-0.15, -0.1) is 0 Å². The third-order valence-corrected chi connectivity index (χ3v) is 2.00. The van der Waals surface area contributed by atoms with Gasteiger partial charge < -0.3 is 22.5 Å². The quantitative estimate of drug-likeness (QED) is 0.440. The van der Waals surface area contributed by atoms with Gasteiger partial charge in [-0.25, -0.2) is 0 Å². The second-order valence-electron chi connectivity index (χ2n) is 3.42. The molecule has 0 aliphatic heterocycles. The molecule has 0 radical (unpaired) electrons. The Kier molecular flexibility index (Phi) is 17.8. The van der Waals surface area contributed by atoms with Gasteiger partial charge in [-0.05, 0) is 39.9 Å². The second-order valence-corrected chi connectivity index (χ2v) is 3.42. The normalized spacial score (nSPS) is 11.8. The van der Waals surface area contributed by atoms with E-state index in [1.54, 1.807) is 0 Å². The summed E-state index contributed by atoms with van der Waals surface area (Å²) in [5.74, 6) is 0. The first kappa shape index (κ1) is 16.3. The zero-order valence-electron chi connectivity index (χ0n) is 9.76. The molecular formula is C10H28N4. The molecular weight excluding hydrogens is 176 g/mol. The molecule has 88 valence electrons. The molecule has 0 aromatic carbocycles. The van der Waals surface area contributed by atoms with E-state index >= 15 is 0 Å². The third kappa shape index (κ3) is 17.8. The molecule has 1 atom stereocenters. The topological polar surface area (TPSA) is 90.1 Å². The Morgan fingerprint density at radius 1 is 0.929 bits per heavy atom. The van der Waals surface area contributed by atoms with Crippen LogP contribution in [0.15, 0.2) is 0 Å². The van der Waals surface area contributed by atoms with Crippen LogP contribution in [0.4, 0.5) is 0 Å². The van der Waals surface area contributed by atoms with Crippen LogP contribution in [0.1, 0.15) is 32.6 Å². The average molecular weight is 204 g/mol. The highest BCUT2D eigenvalue weighted by Crippen LogP contribution is 1.95. The van der Waals surface area contributed by atoms with Gasteiger partial charge in [0.1, 0.15) is 0 Å². The van der Waals surface area contributed by atoms with Crippen LogP contribution in [0.3, 0.4) is 0 Å². The molecule has 0 rings (SSSR count). The van der Waals surface area contributed by atoms with Crippen LogP contribution in [-0.2, 0) is 0 Å². The van der Waals surface area contributed by atoms with Gasteiger partial charge in [-0.2, -0.15) is 0 Å². The zero-order valence-corrected chi connectivity index (χ0v) is 9.76. The van der Waals surface area contributed by atoms with Crippen molar-refractivity contribution >= 4 is 0 Å². The first-order valence-corrected chi connectivity index (χ1v) is 5.50. The summed E-state index contributed by atoms with van der Waals surface area (Å²) in [5, 5.41) is 2.99. The summed E-state index contributed by atoms with van der Waals surface area (Å²) in [6.07, 6.45) is 4.79. The summed E-state index contributed by atoms with van der Waals surface area (Å²) in [7, 11) is 1.90. The highest BCUT2D eigenvalue weighted by molar-refractivity contribution is 4.53. The highest BCUT2D eigenvalue weighted by atomic mass is 14.9. The van der Waals surface area contributed by atoms with E-state index in [0.29, 0.717) is 6.04 Å². The number of rotatable bonds is 7. The van der Waals surface area contributed by atoms with Crippen molar-refractivity contribution in [1.82, 2.24) is 5.32 Å². The van der Waals surface area contributed by atoms with Gasteiger partial charge in [0.15, 0.2) is 0 Å². The highest BCUT2D eigenvalue weighted by Gasteiger charge is 1.87. The molecule has 7 N–H and O–H groups in total. The second kappa shape index (κ2) is 15.3. The number of unbranched alkanes of at least 4 members (excludes halogenated alkanes) is 3. The summed E-state index contributed by atoms with van der Waals surface area (Å²) in [5.41, 5.74) is 15.8. The Morgan fingerprint density at radius 2 is 1.36 bits per heavy atom. The number of hydrogen-bond acceptors (Lipinski definition) is 4. The third-order valence-electron chi connectivity index (χ3n) is 2.00. The molecule has 0 saturated heterocycles. The molecule has 0 saturated carbocycles. The fourth-order valence-electron chi connectivity index (χ4n) is 0.760. The van der Waals surface area contributed by atoms with Crippen molar-refractivity contribution in [3.05, 3.63) is 0 Å². The van der Waals surface area contributed by atoms with Gasteiger partial charge in [0, 0.05) is 12.6 Å². The Hall–Kier alpha value is -0.160. The maximum absolute atomic E-state index is 5.28. The van der Waals surface area contributed by atoms with E-state index in [2.05, 4.69) is 5.32 Å². The lowest BCUT2D eigenvalue weighted by Crippen LogP contribution is -2.29. The largest absolute Gasteiger partial charge is 0.330 e. The van der Waals surface area contributed by atoms with Crippen LogP contribution in [0, 0.1) is 0 Å². The molecule has 0 aliphatic rings. The van der Waals surface area contributed by atoms with Crippen LogP contribution in [-0.4, -0.2) is 32.7 Å². The van der Waals surface area contributed by atoms with Gasteiger partial charge in [-0.1, -0.05) is 12.8 Å². The fourth-order valence-corrected chi connectivity index (χ4v) is 0.760. The maximum atomic E-state index is 5.28. The Bertz CT molecular complexity index is 78.2. The summed E-state index contributed by atoms with van der Waals surface area (Å²) in [4.78, 5) is 0. The summed E-state index contributed by atoms with van der Waals surface area (Å²) in [6.45, 7) is 4.41. The molecule has 14 heavy (non-hydrogen) atoms. The van der Waals surface area contributed by atoms with Crippen molar-refractivity contribution in [2.24, 2.45) is 17.2 Å². The summed E-state index contributed by atoms with van der Waals surface area (Å²) in [6, 6.07) is 0.463. The fraction of sp³-hybridized carbons (Fsp3) is 1.00. The van der Waals surface area contributed by atoms with E-state index in [9.17, 15) is 0 Å². The number of hydrogen-bond donors (Lipinski definition) is 4. The van der Waals surface area contributed by atoms with E-state index in [-0.39, 0.29) is 0 Å². The molecule has 0 aliphatic carbocycles. The van der Waals surface area contributed by atoms with Crippen molar-refractivity contribution in [3.63, 3.8) is 0 Å². The van der Waals surface area contributed by atoms with Crippen molar-refractivity contribution in [2.45, 2.75) is 38.6 Å². The van der Waals surface area contributed by atoms with Crippen molar-refractivity contribution in [1.29, 1.82) is 0 Å². The molecule has 4 nitrogen and oxygen atoms in total. The smallest absolute Gasteiger partial charge is 0.0158 e. The molecule has 0 fully saturated rings. The SMILES string of the molecule is CNC(C)CN.NCCCCCCN. The minimum atomic E-state index is 0.463. The molecule has 0 spiro atoms. The predicted octanol–water partition coefficient (Wildman–Crippen LogP) is 0.0172. The van der Waals surface area contributed by atoms with Crippen LogP contribution in [0.25, 0.3) is 0 Å². The van der Waals surface area contributed by atoms with Crippen LogP contribution < -0.4 is 22.5 Å². The molecule has 0 aromatic rings. The van der Waals surface area contributed by atoms with Gasteiger partial charge in [0.2, 0.25) is 0 Å². The first-order valence-electron chi connectivity index (χ1n) is 5.50. The lowest BCUT2D eigenvalue weighted by atomic mass is 10.2. The number of nitrogens with one attached hydrogen (secondary N) is 1. The molecule has 4 heteroatoms. The van der Waals surface area contributed by atoms with E-state index in [1.165, 1.54) is 12.8 Å². The molecule has 0 heterocycles. The summed E-state index contributed by atoms with van der Waals surface area (Å²) >= 11 is 0. The van der Waals surface area contributed by atoms with E-state index in [0.717, 1.165) is 32.5 Å². The summed E-state index contributed by atoms with van der Waals surface area (Å²) < 4.78 is 0. The standard InChI is InChI=1S/C6H16N2.C4H12N2/c7-5-3-1-2-4-6-8;1-4(3-5)6-2/h1-8H2;4,6H,3,5H2,1-2H3. The zero-order chi connectivity index (χ0) is 11.2. The van der Waals surface area contributed by atoms with E-state index < -0.39 is 0 Å². The van der Waals surface area contributed by atoms with Gasteiger partial charge in [0.05, 0.1) is 0 Å². The van der Waals surface area contributed by atoms with Crippen LogP contribution >= 0.6 is 0 Å². The molecule has 1 unspecified atom stereocenters. The number of nitrogens with two attached hydrogens (primary N) is 3. The first-order chi connectivity index (χ1) is 6.72. The Labute approximate surface area is 88.6 Å². The molecule has 0 aromatic heterocycles. The Morgan fingerprint density at radius 3 is 1.50 bits per heavy atom. The van der Waals surface area contributed by atoms with E-state index in [4.69, 9.17) is 17.2 Å². The average Bonchev–Trinajstić information content (AvgIpc) is 2.24. The monoisotopic (exact) mass is 204 g/mol. The van der Waals surface area contributed by atoms with E-state index in [1.807, 2.05) is 14.0 Å². The van der Waals surface area contributed by atoms with Crippen LogP contribution in [0.5, 0.6) is 0 Å². The minimum Gasteiger partial charge on any atom is -0.330 e. The van der Waals surface area contributed by atoms with Crippen molar-refractivity contribution in [2.75, 3.05) is 26.7 Å². The number of likely N-dealkylation sites (N-methyl/N-ethyl adjacent to an activating group) is 1. The van der Waals surface area contributed by atoms with Gasteiger partial charge in [-0.3, -0.25) is 0 Å². The molecule has 0 amide bonds. The van der Waals surface area contributed by atoms with Crippen molar-refractivity contribution < 1.29 is 0 Å². The predicted molar refractivity (Wildman–Crippen MR) is 64.2 cm³/mol. The van der Waals surface area contributed by atoms with Gasteiger partial charge >= 0.3 is 0 Å². The lowest BCUT2D eigenvalue weighted by Gasteiger charge is -2.02. The maximum Gasteiger partial charge on any atom is 0.0158 e. The van der Waals surface area contributed by atoms with Gasteiger partial charge in [0.25, 0.3) is 0 Å². The lowest BCUT2D eigenvalue weighted by molar-refractivity contribution is 0.621. The molecule has 0 bridgehead atoms. The van der Waals surface area contributed by atoms with Crippen molar-refractivity contribution in [3.8, 4) is 0 Å². The minimum absolute atomic E-state index is 0.463.